The van der Waals surface area contributed by atoms with E-state index in [1.807, 2.05) is 4.90 Å². The molecule has 1 aliphatic rings. The topological polar surface area (TPSA) is 69.6 Å². The fraction of sp³-hybridized carbons (Fsp3) is 0.500. The summed E-state index contributed by atoms with van der Waals surface area (Å²) >= 11 is 0. The zero-order valence-electron chi connectivity index (χ0n) is 12.3. The first-order valence-corrected chi connectivity index (χ1v) is 7.52. The molecule has 0 radical (unpaired) electrons. The van der Waals surface area contributed by atoms with E-state index in [0.717, 1.165) is 25.8 Å². The number of nitrogens with one attached hydrogen (secondary N) is 1. The van der Waals surface area contributed by atoms with Gasteiger partial charge >= 0.3 is 12.0 Å². The van der Waals surface area contributed by atoms with Crippen LogP contribution in [0.4, 0.5) is 10.5 Å². The number of carbonyl (C=O) groups is 2. The molecule has 2 N–H and O–H groups in total. The van der Waals surface area contributed by atoms with Gasteiger partial charge in [0, 0.05) is 18.3 Å². The number of hydrogen-bond donors (Lipinski definition) is 2. The van der Waals surface area contributed by atoms with Crippen molar-refractivity contribution in [2.24, 2.45) is 0 Å². The Bertz CT molecular complexity index is 499. The third-order valence-electron chi connectivity index (χ3n) is 3.99. The lowest BCUT2D eigenvalue weighted by Gasteiger charge is -2.29. The van der Waals surface area contributed by atoms with Crippen LogP contribution in [0.3, 0.4) is 0 Å². The molecule has 1 aliphatic heterocycles. The van der Waals surface area contributed by atoms with Crippen molar-refractivity contribution in [1.29, 1.82) is 0 Å². The molecule has 1 saturated heterocycles. The molecule has 0 aromatic heterocycles. The molecular weight excluding hydrogens is 268 g/mol. The third-order valence-corrected chi connectivity index (χ3v) is 3.99. The first kappa shape index (κ1) is 15.4. The first-order chi connectivity index (χ1) is 10.1. The number of amides is 2. The number of hydrogen-bond acceptors (Lipinski definition) is 2. The summed E-state index contributed by atoms with van der Waals surface area (Å²) in [5.41, 5.74) is 0.846. The highest BCUT2D eigenvalue weighted by atomic mass is 16.4. The number of aromatic carboxylic acids is 1. The quantitative estimate of drug-likeness (QED) is 0.894. The standard InChI is InChI=1S/C16H22N2O3/c1-2-14-6-4-3-5-11-18(14)16(21)17-13-9-7-12(8-10-13)15(19)20/h7-10,14H,2-6,11H2,1H3,(H,17,21)(H,19,20). The maximum atomic E-state index is 12.4. The van der Waals surface area contributed by atoms with Crippen LogP contribution in [0.25, 0.3) is 0 Å². The van der Waals surface area contributed by atoms with E-state index in [1.54, 1.807) is 12.1 Å². The highest BCUT2D eigenvalue weighted by Gasteiger charge is 2.24. The average Bonchev–Trinajstić information content (AvgIpc) is 2.72. The van der Waals surface area contributed by atoms with Crippen LogP contribution >= 0.6 is 0 Å². The van der Waals surface area contributed by atoms with Gasteiger partial charge in [0.1, 0.15) is 0 Å². The predicted octanol–water partition coefficient (Wildman–Crippen LogP) is 3.57. The molecule has 114 valence electrons. The molecule has 0 saturated carbocycles. The molecule has 0 bridgehead atoms. The normalized spacial score (nSPS) is 18.9. The number of rotatable bonds is 3. The number of carbonyl (C=O) groups excluding carboxylic acids is 1. The highest BCUT2D eigenvalue weighted by Crippen LogP contribution is 2.20. The molecule has 0 aliphatic carbocycles. The summed E-state index contributed by atoms with van der Waals surface area (Å²) in [5.74, 6) is -0.966. The second-order valence-corrected chi connectivity index (χ2v) is 5.42. The maximum Gasteiger partial charge on any atom is 0.335 e. The minimum atomic E-state index is -0.966. The van der Waals surface area contributed by atoms with Gasteiger partial charge in [-0.05, 0) is 43.5 Å². The van der Waals surface area contributed by atoms with Gasteiger partial charge in [0.05, 0.1) is 5.56 Å². The zero-order chi connectivity index (χ0) is 15.2. The Hall–Kier alpha value is -2.04. The SMILES string of the molecule is CCC1CCCCCN1C(=O)Nc1ccc(C(=O)O)cc1. The lowest BCUT2D eigenvalue weighted by Crippen LogP contribution is -2.42. The third kappa shape index (κ3) is 3.97. The van der Waals surface area contributed by atoms with Crippen LogP contribution in [-0.2, 0) is 0 Å². The number of urea groups is 1. The van der Waals surface area contributed by atoms with Crippen LogP contribution in [0.5, 0.6) is 0 Å². The molecule has 1 aromatic carbocycles. The van der Waals surface area contributed by atoms with Gasteiger partial charge in [0.25, 0.3) is 0 Å². The van der Waals surface area contributed by atoms with E-state index >= 15 is 0 Å². The number of likely N-dealkylation sites (tertiary alicyclic amines) is 1. The Morgan fingerprint density at radius 1 is 1.24 bits per heavy atom. The minimum Gasteiger partial charge on any atom is -0.478 e. The summed E-state index contributed by atoms with van der Waals surface area (Å²) in [7, 11) is 0. The Kier molecular flexibility index (Phi) is 5.20. The maximum absolute atomic E-state index is 12.4. The van der Waals surface area contributed by atoms with E-state index in [1.165, 1.54) is 25.0 Å². The summed E-state index contributed by atoms with van der Waals surface area (Å²) in [6.07, 6.45) is 5.41. The van der Waals surface area contributed by atoms with Crippen LogP contribution in [0.2, 0.25) is 0 Å². The lowest BCUT2D eigenvalue weighted by molar-refractivity contribution is 0.0697. The zero-order valence-corrected chi connectivity index (χ0v) is 12.3. The van der Waals surface area contributed by atoms with Gasteiger partial charge in [0.15, 0.2) is 0 Å². The fourth-order valence-electron chi connectivity index (χ4n) is 2.76. The van der Waals surface area contributed by atoms with Crippen molar-refractivity contribution in [2.45, 2.75) is 45.1 Å². The summed E-state index contributed by atoms with van der Waals surface area (Å²) in [6, 6.07) is 6.45. The Morgan fingerprint density at radius 2 is 1.95 bits per heavy atom. The van der Waals surface area contributed by atoms with Crippen LogP contribution in [-0.4, -0.2) is 34.6 Å². The molecule has 1 heterocycles. The summed E-state index contributed by atoms with van der Waals surface area (Å²) in [6.45, 7) is 2.90. The van der Waals surface area contributed by atoms with E-state index < -0.39 is 5.97 Å². The molecule has 1 fully saturated rings. The second-order valence-electron chi connectivity index (χ2n) is 5.42. The molecule has 1 aromatic rings. The van der Waals surface area contributed by atoms with Crippen LogP contribution in [0.15, 0.2) is 24.3 Å². The molecule has 1 atom stereocenters. The molecule has 5 heteroatoms. The lowest BCUT2D eigenvalue weighted by atomic mass is 10.1. The van der Waals surface area contributed by atoms with Crippen molar-refractivity contribution in [1.82, 2.24) is 4.90 Å². The van der Waals surface area contributed by atoms with E-state index in [0.29, 0.717) is 11.7 Å². The van der Waals surface area contributed by atoms with Crippen molar-refractivity contribution in [3.8, 4) is 0 Å². The van der Waals surface area contributed by atoms with Crippen LogP contribution in [0, 0.1) is 0 Å². The van der Waals surface area contributed by atoms with Gasteiger partial charge in [-0.15, -0.1) is 0 Å². The molecular formula is C16H22N2O3. The van der Waals surface area contributed by atoms with Gasteiger partial charge in [0.2, 0.25) is 0 Å². The molecule has 2 amide bonds. The first-order valence-electron chi connectivity index (χ1n) is 7.52. The highest BCUT2D eigenvalue weighted by molar-refractivity contribution is 5.91. The van der Waals surface area contributed by atoms with Gasteiger partial charge in [-0.25, -0.2) is 9.59 Å². The Morgan fingerprint density at radius 3 is 2.57 bits per heavy atom. The van der Waals surface area contributed by atoms with Gasteiger partial charge in [-0.3, -0.25) is 0 Å². The largest absolute Gasteiger partial charge is 0.478 e. The summed E-state index contributed by atoms with van der Waals surface area (Å²) in [4.78, 5) is 25.1. The molecule has 5 nitrogen and oxygen atoms in total. The monoisotopic (exact) mass is 290 g/mol. The van der Waals surface area contributed by atoms with Crippen molar-refractivity contribution < 1.29 is 14.7 Å². The van der Waals surface area contributed by atoms with E-state index in [4.69, 9.17) is 5.11 Å². The smallest absolute Gasteiger partial charge is 0.335 e. The number of carboxylic acid groups (broad SMARTS) is 1. The van der Waals surface area contributed by atoms with Gasteiger partial charge < -0.3 is 15.3 Å². The van der Waals surface area contributed by atoms with Gasteiger partial charge in [-0.1, -0.05) is 19.8 Å². The van der Waals surface area contributed by atoms with Crippen molar-refractivity contribution in [2.75, 3.05) is 11.9 Å². The number of carboxylic acids is 1. The van der Waals surface area contributed by atoms with E-state index in [-0.39, 0.29) is 11.6 Å². The molecule has 0 spiro atoms. The Balaban J connectivity index is 2.03. The summed E-state index contributed by atoms with van der Waals surface area (Å²) < 4.78 is 0. The Labute approximate surface area is 125 Å². The van der Waals surface area contributed by atoms with Crippen LogP contribution < -0.4 is 5.32 Å². The van der Waals surface area contributed by atoms with Crippen molar-refractivity contribution in [3.05, 3.63) is 29.8 Å². The summed E-state index contributed by atoms with van der Waals surface area (Å²) in [5, 5.41) is 11.7. The molecule has 2 rings (SSSR count). The fourth-order valence-corrected chi connectivity index (χ4v) is 2.76. The van der Waals surface area contributed by atoms with Crippen molar-refractivity contribution in [3.63, 3.8) is 0 Å². The number of benzene rings is 1. The molecule has 21 heavy (non-hydrogen) atoms. The van der Waals surface area contributed by atoms with Crippen molar-refractivity contribution >= 4 is 17.7 Å². The minimum absolute atomic E-state index is 0.0909. The van der Waals surface area contributed by atoms with Crippen LogP contribution in [0.1, 0.15) is 49.4 Å². The van der Waals surface area contributed by atoms with Gasteiger partial charge in [-0.2, -0.15) is 0 Å². The average molecular weight is 290 g/mol. The second kappa shape index (κ2) is 7.11. The van der Waals surface area contributed by atoms with E-state index in [2.05, 4.69) is 12.2 Å². The number of anilines is 1. The molecule has 1 unspecified atom stereocenters. The van der Waals surface area contributed by atoms with E-state index in [9.17, 15) is 9.59 Å². The number of nitrogens with zero attached hydrogens (tertiary/aromatic N) is 1. The predicted molar refractivity (Wildman–Crippen MR) is 81.7 cm³/mol.